The largest absolute Gasteiger partial charge is 0.380 e. The van der Waals surface area contributed by atoms with Crippen molar-refractivity contribution >= 4 is 17.5 Å². The van der Waals surface area contributed by atoms with Crippen molar-refractivity contribution in [2.24, 2.45) is 5.41 Å². The molecule has 0 bridgehead atoms. The van der Waals surface area contributed by atoms with E-state index in [1.807, 2.05) is 18.2 Å². The third-order valence-electron chi connectivity index (χ3n) is 5.77. The van der Waals surface area contributed by atoms with Gasteiger partial charge in [-0.15, -0.1) is 0 Å². The van der Waals surface area contributed by atoms with Gasteiger partial charge in [0.1, 0.15) is 5.70 Å². The van der Waals surface area contributed by atoms with Crippen LogP contribution in [-0.2, 0) is 14.3 Å². The Hall–Kier alpha value is -2.14. The minimum absolute atomic E-state index is 0.0641. The van der Waals surface area contributed by atoms with E-state index in [0.717, 1.165) is 32.3 Å². The molecule has 4 rings (SSSR count). The Kier molecular flexibility index (Phi) is 3.91. The normalized spacial score (nSPS) is 28.0. The topological polar surface area (TPSA) is 58.6 Å². The third kappa shape index (κ3) is 2.97. The Labute approximate surface area is 148 Å². The van der Waals surface area contributed by atoms with Crippen LogP contribution in [-0.4, -0.2) is 30.6 Å². The van der Waals surface area contributed by atoms with Crippen molar-refractivity contribution in [1.82, 2.24) is 5.32 Å². The van der Waals surface area contributed by atoms with E-state index in [1.54, 1.807) is 12.1 Å². The van der Waals surface area contributed by atoms with Gasteiger partial charge in [0.2, 0.25) is 0 Å². The Balaban J connectivity index is 1.42. The predicted molar refractivity (Wildman–Crippen MR) is 94.9 cm³/mol. The molecule has 25 heavy (non-hydrogen) atoms. The van der Waals surface area contributed by atoms with Gasteiger partial charge in [0.05, 0.1) is 11.3 Å². The molecule has 132 valence electrons. The maximum Gasteiger partial charge on any atom is 0.281 e. The summed E-state index contributed by atoms with van der Waals surface area (Å²) >= 11 is 0. The fraction of sp³-hybridized carbons (Fsp3) is 0.500. The minimum Gasteiger partial charge on any atom is -0.380 e. The van der Waals surface area contributed by atoms with E-state index in [-0.39, 0.29) is 22.8 Å². The molecular formula is C20H24N2O3. The molecule has 2 aliphatic heterocycles. The van der Waals surface area contributed by atoms with Crippen molar-refractivity contribution in [3.63, 3.8) is 0 Å². The summed E-state index contributed by atoms with van der Waals surface area (Å²) in [5.41, 5.74) is 1.15. The van der Waals surface area contributed by atoms with Crippen LogP contribution in [0.2, 0.25) is 0 Å². The van der Waals surface area contributed by atoms with E-state index in [1.165, 1.54) is 17.4 Å². The zero-order valence-corrected chi connectivity index (χ0v) is 14.6. The van der Waals surface area contributed by atoms with Crippen molar-refractivity contribution < 1.29 is 14.3 Å². The van der Waals surface area contributed by atoms with Crippen molar-refractivity contribution in [3.8, 4) is 0 Å². The third-order valence-corrected chi connectivity index (χ3v) is 5.77. The van der Waals surface area contributed by atoms with E-state index < -0.39 is 0 Å². The zero-order valence-electron chi connectivity index (χ0n) is 14.6. The molecule has 2 heterocycles. The van der Waals surface area contributed by atoms with Crippen LogP contribution in [0, 0.1) is 5.41 Å². The second kappa shape index (κ2) is 5.99. The SMILES string of the molecule is CC1(CNC2=CC(=O)N(c3ccccc3)C2=O)CCOC2(CCC2)C1. The van der Waals surface area contributed by atoms with E-state index in [0.29, 0.717) is 17.9 Å². The number of anilines is 1. The summed E-state index contributed by atoms with van der Waals surface area (Å²) in [4.78, 5) is 26.1. The van der Waals surface area contributed by atoms with Gasteiger partial charge >= 0.3 is 0 Å². The number of hydrogen-bond donors (Lipinski definition) is 1. The van der Waals surface area contributed by atoms with E-state index in [4.69, 9.17) is 4.74 Å². The molecule has 2 fully saturated rings. The lowest BCUT2D eigenvalue weighted by Crippen LogP contribution is -2.51. The molecule has 1 atom stereocenters. The first kappa shape index (κ1) is 16.3. The summed E-state index contributed by atoms with van der Waals surface area (Å²) in [5, 5.41) is 3.25. The maximum absolute atomic E-state index is 12.6. The monoisotopic (exact) mass is 340 g/mol. The van der Waals surface area contributed by atoms with Gasteiger partial charge in [0, 0.05) is 19.2 Å². The molecular weight excluding hydrogens is 316 g/mol. The smallest absolute Gasteiger partial charge is 0.281 e. The first-order valence-corrected chi connectivity index (χ1v) is 9.03. The van der Waals surface area contributed by atoms with E-state index in [2.05, 4.69) is 12.2 Å². The molecule has 0 radical (unpaired) electrons. The average Bonchev–Trinajstić information content (AvgIpc) is 2.86. The molecule has 5 heteroatoms. The molecule has 1 saturated heterocycles. The average molecular weight is 340 g/mol. The molecule has 1 saturated carbocycles. The van der Waals surface area contributed by atoms with Gasteiger partial charge in [-0.1, -0.05) is 25.1 Å². The van der Waals surface area contributed by atoms with Crippen molar-refractivity contribution in [1.29, 1.82) is 0 Å². The quantitative estimate of drug-likeness (QED) is 0.856. The molecule has 1 N–H and O–H groups in total. The number of benzene rings is 1. The number of para-hydroxylation sites is 1. The lowest BCUT2D eigenvalue weighted by atomic mass is 9.66. The fourth-order valence-corrected chi connectivity index (χ4v) is 4.20. The Morgan fingerprint density at radius 3 is 2.60 bits per heavy atom. The molecule has 1 aromatic rings. The number of carbonyl (C=O) groups is 2. The van der Waals surface area contributed by atoms with Gasteiger partial charge in [0.25, 0.3) is 11.8 Å². The summed E-state index contributed by atoms with van der Waals surface area (Å²) in [5.74, 6) is -0.559. The first-order chi connectivity index (χ1) is 12.0. The number of imide groups is 1. The number of hydrogen-bond acceptors (Lipinski definition) is 4. The van der Waals surface area contributed by atoms with Crippen LogP contribution in [0.25, 0.3) is 0 Å². The summed E-state index contributed by atoms with van der Waals surface area (Å²) < 4.78 is 6.01. The lowest BCUT2D eigenvalue weighted by molar-refractivity contribution is -0.162. The summed E-state index contributed by atoms with van der Waals surface area (Å²) in [7, 11) is 0. The van der Waals surface area contributed by atoms with Crippen LogP contribution in [0.15, 0.2) is 42.1 Å². The molecule has 0 aromatic heterocycles. The van der Waals surface area contributed by atoms with Crippen LogP contribution in [0.4, 0.5) is 5.69 Å². The highest BCUT2D eigenvalue weighted by atomic mass is 16.5. The molecule has 1 aromatic carbocycles. The lowest BCUT2D eigenvalue weighted by Gasteiger charge is -2.51. The highest BCUT2D eigenvalue weighted by Crippen LogP contribution is 2.48. The number of nitrogens with one attached hydrogen (secondary N) is 1. The van der Waals surface area contributed by atoms with Gasteiger partial charge in [-0.2, -0.15) is 0 Å². The Bertz CT molecular complexity index is 724. The first-order valence-electron chi connectivity index (χ1n) is 9.03. The molecule has 5 nitrogen and oxygen atoms in total. The Morgan fingerprint density at radius 1 is 1.16 bits per heavy atom. The predicted octanol–water partition coefficient (Wildman–Crippen LogP) is 2.77. The summed E-state index contributed by atoms with van der Waals surface area (Å²) in [6, 6.07) is 9.05. The van der Waals surface area contributed by atoms with Crippen molar-refractivity contribution in [2.75, 3.05) is 18.1 Å². The molecule has 1 spiro atoms. The molecule has 1 aliphatic carbocycles. The fourth-order valence-electron chi connectivity index (χ4n) is 4.20. The standard InChI is InChI=1S/C20H24N2O3/c1-19(10-11-25-20(13-19)8-5-9-20)14-21-16-12-17(23)22(18(16)24)15-6-3-2-4-7-15/h2-4,6-7,12,21H,5,8-11,13-14H2,1H3. The van der Waals surface area contributed by atoms with E-state index >= 15 is 0 Å². The van der Waals surface area contributed by atoms with Gasteiger partial charge in [-0.3, -0.25) is 9.59 Å². The number of carbonyl (C=O) groups excluding carboxylic acids is 2. The van der Waals surface area contributed by atoms with Crippen LogP contribution in [0.5, 0.6) is 0 Å². The van der Waals surface area contributed by atoms with Crippen LogP contribution < -0.4 is 10.2 Å². The minimum atomic E-state index is -0.286. The second-order valence-corrected chi connectivity index (χ2v) is 7.85. The second-order valence-electron chi connectivity index (χ2n) is 7.85. The van der Waals surface area contributed by atoms with Crippen molar-refractivity contribution in [2.45, 2.75) is 44.6 Å². The van der Waals surface area contributed by atoms with Crippen LogP contribution in [0.3, 0.4) is 0 Å². The summed E-state index contributed by atoms with van der Waals surface area (Å²) in [6.07, 6.45) is 6.93. The van der Waals surface area contributed by atoms with Gasteiger partial charge in [-0.25, -0.2) is 4.90 Å². The van der Waals surface area contributed by atoms with Gasteiger partial charge < -0.3 is 10.1 Å². The number of amides is 2. The van der Waals surface area contributed by atoms with Gasteiger partial charge in [0.15, 0.2) is 0 Å². The van der Waals surface area contributed by atoms with Crippen molar-refractivity contribution in [3.05, 3.63) is 42.1 Å². The molecule has 1 unspecified atom stereocenters. The number of nitrogens with zero attached hydrogens (tertiary/aromatic N) is 1. The van der Waals surface area contributed by atoms with Crippen LogP contribution in [0.1, 0.15) is 39.0 Å². The maximum atomic E-state index is 12.6. The van der Waals surface area contributed by atoms with Gasteiger partial charge in [-0.05, 0) is 49.7 Å². The number of ether oxygens (including phenoxy) is 1. The Morgan fingerprint density at radius 2 is 1.92 bits per heavy atom. The van der Waals surface area contributed by atoms with Crippen LogP contribution >= 0.6 is 0 Å². The van der Waals surface area contributed by atoms with E-state index in [9.17, 15) is 9.59 Å². The zero-order chi connectivity index (χ0) is 17.5. The molecule has 2 amide bonds. The highest BCUT2D eigenvalue weighted by molar-refractivity contribution is 6.30. The summed E-state index contributed by atoms with van der Waals surface area (Å²) in [6.45, 7) is 3.71. The highest BCUT2D eigenvalue weighted by Gasteiger charge is 2.47. The molecule has 3 aliphatic rings. The number of rotatable bonds is 4.